The Hall–Kier alpha value is -2.57. The van der Waals surface area contributed by atoms with Crippen molar-refractivity contribution in [1.29, 1.82) is 0 Å². The Kier molecular flexibility index (Phi) is 6.34. The summed E-state index contributed by atoms with van der Waals surface area (Å²) in [7, 11) is 1.52. The number of rotatable bonds is 5. The summed E-state index contributed by atoms with van der Waals surface area (Å²) in [6, 6.07) is 4.80. The highest BCUT2D eigenvalue weighted by atomic mass is 16.4. The van der Waals surface area contributed by atoms with Crippen LogP contribution in [0.1, 0.15) is 32.8 Å². The Balaban J connectivity index is 2.80. The summed E-state index contributed by atoms with van der Waals surface area (Å²) in [5.74, 6) is -1.08. The number of hydrogen-bond acceptors (Lipinski definition) is 3. The minimum absolute atomic E-state index is 0.112. The highest BCUT2D eigenvalue weighted by Gasteiger charge is 2.22. The second kappa shape index (κ2) is 7.81. The summed E-state index contributed by atoms with van der Waals surface area (Å²) >= 11 is 0. The molecule has 3 amide bonds. The van der Waals surface area contributed by atoms with Gasteiger partial charge in [0.1, 0.15) is 0 Å². The van der Waals surface area contributed by atoms with Gasteiger partial charge in [-0.15, -0.1) is 0 Å². The lowest BCUT2D eigenvalue weighted by Crippen LogP contribution is -2.33. The lowest BCUT2D eigenvalue weighted by atomic mass is 9.95. The molecule has 1 aromatic carbocycles. The van der Waals surface area contributed by atoms with Gasteiger partial charge in [0.05, 0.1) is 6.42 Å². The van der Waals surface area contributed by atoms with Crippen LogP contribution in [-0.4, -0.2) is 41.5 Å². The Labute approximate surface area is 142 Å². The van der Waals surface area contributed by atoms with E-state index in [1.165, 1.54) is 11.9 Å². The molecule has 24 heavy (non-hydrogen) atoms. The zero-order chi connectivity index (χ0) is 18.5. The predicted molar refractivity (Wildman–Crippen MR) is 93.2 cm³/mol. The van der Waals surface area contributed by atoms with Crippen molar-refractivity contribution in [2.75, 3.05) is 24.2 Å². The highest BCUT2D eigenvalue weighted by molar-refractivity contribution is 5.96. The number of carbonyl (C=O) groups is 3. The van der Waals surface area contributed by atoms with E-state index in [1.54, 1.807) is 18.2 Å². The predicted octanol–water partition coefficient (Wildman–Crippen LogP) is 2.92. The number of nitrogens with one attached hydrogen (secondary N) is 2. The molecule has 0 radical (unpaired) electrons. The van der Waals surface area contributed by atoms with Crippen LogP contribution in [0, 0.1) is 12.3 Å². The van der Waals surface area contributed by atoms with E-state index >= 15 is 0 Å². The molecule has 0 saturated carbocycles. The summed E-state index contributed by atoms with van der Waals surface area (Å²) in [6.45, 7) is 7.44. The molecule has 0 bridgehead atoms. The quantitative estimate of drug-likeness (QED) is 0.770. The third-order valence-electron chi connectivity index (χ3n) is 3.43. The van der Waals surface area contributed by atoms with Gasteiger partial charge in [0.2, 0.25) is 5.91 Å². The average molecular weight is 335 g/mol. The van der Waals surface area contributed by atoms with E-state index in [-0.39, 0.29) is 18.9 Å². The van der Waals surface area contributed by atoms with Gasteiger partial charge in [-0.2, -0.15) is 0 Å². The smallest absolute Gasteiger partial charge is 0.321 e. The number of amides is 3. The van der Waals surface area contributed by atoms with Gasteiger partial charge in [0.25, 0.3) is 0 Å². The first-order valence-electron chi connectivity index (χ1n) is 7.66. The maximum atomic E-state index is 12.1. The van der Waals surface area contributed by atoms with Gasteiger partial charge in [-0.3, -0.25) is 9.59 Å². The zero-order valence-electron chi connectivity index (χ0n) is 14.8. The number of aryl methyl sites for hydroxylation is 1. The average Bonchev–Trinajstić information content (AvgIpc) is 2.46. The summed E-state index contributed by atoms with van der Waals surface area (Å²) in [5.41, 5.74) is 1.51. The zero-order valence-corrected chi connectivity index (χ0v) is 14.8. The van der Waals surface area contributed by atoms with Crippen molar-refractivity contribution in [3.05, 3.63) is 23.8 Å². The van der Waals surface area contributed by atoms with E-state index in [2.05, 4.69) is 10.6 Å². The number of carboxylic acids is 1. The van der Waals surface area contributed by atoms with Crippen molar-refractivity contribution in [2.24, 2.45) is 5.41 Å². The first kappa shape index (κ1) is 19.5. The lowest BCUT2D eigenvalue weighted by Gasteiger charge is -2.20. The van der Waals surface area contributed by atoms with Gasteiger partial charge >= 0.3 is 12.0 Å². The van der Waals surface area contributed by atoms with Gasteiger partial charge in [-0.05, 0) is 24.6 Å². The van der Waals surface area contributed by atoms with Gasteiger partial charge in [0, 0.05) is 30.4 Å². The summed E-state index contributed by atoms with van der Waals surface area (Å²) in [6.07, 6.45) is -0.120. The van der Waals surface area contributed by atoms with Crippen LogP contribution in [0.3, 0.4) is 0 Å². The number of carboxylic acid groups (broad SMARTS) is 1. The van der Waals surface area contributed by atoms with Gasteiger partial charge in [0.15, 0.2) is 0 Å². The summed E-state index contributed by atoms with van der Waals surface area (Å²) in [4.78, 5) is 36.0. The molecule has 0 heterocycles. The van der Waals surface area contributed by atoms with E-state index in [9.17, 15) is 14.4 Å². The van der Waals surface area contributed by atoms with Crippen molar-refractivity contribution >= 4 is 29.3 Å². The third-order valence-corrected chi connectivity index (χ3v) is 3.43. The number of nitrogens with zero attached hydrogens (tertiary/aromatic N) is 1. The summed E-state index contributed by atoms with van der Waals surface area (Å²) in [5, 5.41) is 14.2. The Morgan fingerprint density at radius 1 is 1.17 bits per heavy atom. The van der Waals surface area contributed by atoms with Crippen molar-refractivity contribution in [1.82, 2.24) is 4.90 Å². The van der Waals surface area contributed by atoms with Crippen molar-refractivity contribution < 1.29 is 19.5 Å². The van der Waals surface area contributed by atoms with E-state index in [4.69, 9.17) is 5.11 Å². The van der Waals surface area contributed by atoms with Crippen LogP contribution in [0.5, 0.6) is 0 Å². The molecule has 1 rings (SSSR count). The fraction of sp³-hybridized carbons (Fsp3) is 0.471. The molecule has 0 aliphatic heterocycles. The van der Waals surface area contributed by atoms with Crippen LogP contribution in [0.2, 0.25) is 0 Å². The number of hydrogen-bond donors (Lipinski definition) is 3. The van der Waals surface area contributed by atoms with E-state index in [0.29, 0.717) is 11.4 Å². The normalized spacial score (nSPS) is 10.9. The molecule has 7 heteroatoms. The molecular formula is C17H25N3O4. The second-order valence-electron chi connectivity index (χ2n) is 6.73. The van der Waals surface area contributed by atoms with Crippen LogP contribution < -0.4 is 10.6 Å². The Morgan fingerprint density at radius 2 is 1.79 bits per heavy atom. The molecule has 1 aromatic rings. The van der Waals surface area contributed by atoms with E-state index in [1.807, 2.05) is 27.7 Å². The lowest BCUT2D eigenvalue weighted by molar-refractivity contribution is -0.137. The van der Waals surface area contributed by atoms with Gasteiger partial charge < -0.3 is 20.6 Å². The molecule has 0 aliphatic rings. The second-order valence-corrected chi connectivity index (χ2v) is 6.73. The monoisotopic (exact) mass is 335 g/mol. The molecule has 0 unspecified atom stereocenters. The molecular weight excluding hydrogens is 310 g/mol. The minimum atomic E-state index is -0.961. The van der Waals surface area contributed by atoms with Crippen LogP contribution in [0.15, 0.2) is 18.2 Å². The Bertz CT molecular complexity index is 635. The van der Waals surface area contributed by atoms with E-state index < -0.39 is 17.4 Å². The van der Waals surface area contributed by atoms with Crippen LogP contribution in [0.25, 0.3) is 0 Å². The molecule has 132 valence electrons. The van der Waals surface area contributed by atoms with Gasteiger partial charge in [-0.1, -0.05) is 26.8 Å². The number of anilines is 2. The number of urea groups is 1. The van der Waals surface area contributed by atoms with Gasteiger partial charge in [-0.25, -0.2) is 4.79 Å². The largest absolute Gasteiger partial charge is 0.481 e. The Morgan fingerprint density at radius 3 is 2.33 bits per heavy atom. The fourth-order valence-corrected chi connectivity index (χ4v) is 1.73. The van der Waals surface area contributed by atoms with Crippen molar-refractivity contribution in [3.8, 4) is 0 Å². The summed E-state index contributed by atoms with van der Waals surface area (Å²) < 4.78 is 0. The molecule has 0 aliphatic carbocycles. The maximum absolute atomic E-state index is 12.1. The number of aliphatic carboxylic acids is 1. The topological polar surface area (TPSA) is 98.7 Å². The van der Waals surface area contributed by atoms with Crippen LogP contribution >= 0.6 is 0 Å². The van der Waals surface area contributed by atoms with Crippen molar-refractivity contribution in [2.45, 2.75) is 34.1 Å². The SMILES string of the molecule is Cc1ccc(NC(=O)N(C)CCC(=O)O)cc1NC(=O)C(C)(C)C. The fourth-order valence-electron chi connectivity index (χ4n) is 1.73. The number of benzene rings is 1. The van der Waals surface area contributed by atoms with E-state index in [0.717, 1.165) is 5.56 Å². The molecule has 7 nitrogen and oxygen atoms in total. The molecule has 0 saturated heterocycles. The standard InChI is InChI=1S/C17H25N3O4/c1-11-6-7-12(10-13(11)19-15(23)17(2,3)4)18-16(24)20(5)9-8-14(21)22/h6-7,10H,8-9H2,1-5H3,(H,18,24)(H,19,23)(H,21,22). The van der Waals surface area contributed by atoms with Crippen LogP contribution in [-0.2, 0) is 9.59 Å². The third kappa shape index (κ3) is 5.91. The number of carbonyl (C=O) groups excluding carboxylic acids is 2. The van der Waals surface area contributed by atoms with Crippen LogP contribution in [0.4, 0.5) is 16.2 Å². The minimum Gasteiger partial charge on any atom is -0.481 e. The highest BCUT2D eigenvalue weighted by Crippen LogP contribution is 2.23. The molecule has 0 spiro atoms. The molecule has 0 aromatic heterocycles. The molecule has 0 atom stereocenters. The maximum Gasteiger partial charge on any atom is 0.321 e. The molecule has 0 fully saturated rings. The van der Waals surface area contributed by atoms with Crippen molar-refractivity contribution in [3.63, 3.8) is 0 Å². The molecule has 3 N–H and O–H groups in total. The first-order valence-corrected chi connectivity index (χ1v) is 7.66. The first-order chi connectivity index (χ1) is 11.0.